The van der Waals surface area contributed by atoms with Crippen molar-refractivity contribution in [1.29, 1.82) is 0 Å². The van der Waals surface area contributed by atoms with Gasteiger partial charge in [0.1, 0.15) is 18.9 Å². The van der Waals surface area contributed by atoms with Crippen LogP contribution in [-0.2, 0) is 9.59 Å². The molecule has 0 bridgehead atoms. The Balaban J connectivity index is 0.000000162. The van der Waals surface area contributed by atoms with Gasteiger partial charge in [0.15, 0.2) is 0 Å². The number of anilines is 2. The standard InChI is InChI=1S/C16H12ClFN2O.C15H11ClN2O/c1-20-14-7-6-10(17)8-12(14)16(19-9-15(20)21)11-4-2-3-5-13(11)18;16-11-6-7-13-12(8-11)15(17-9-14(19)18-13)10-4-2-1-3-5-10/h2-8H,9H2,1H3;1-8H,9H2,(H,18,19). The molecule has 2 amide bonds. The molecule has 200 valence electrons. The molecule has 6 rings (SSSR count). The predicted octanol–water partition coefficient (Wildman–Crippen LogP) is 6.42. The first-order valence-corrected chi connectivity index (χ1v) is 13.1. The van der Waals surface area contributed by atoms with Crippen molar-refractivity contribution in [2.24, 2.45) is 9.98 Å². The van der Waals surface area contributed by atoms with Gasteiger partial charge in [0.25, 0.3) is 0 Å². The molecule has 4 aromatic carbocycles. The molecule has 2 aliphatic heterocycles. The number of nitrogens with zero attached hydrogens (tertiary/aromatic N) is 3. The molecule has 0 fully saturated rings. The molecule has 9 heteroatoms. The number of aliphatic imine (C=N–C) groups is 2. The number of hydrogen-bond donors (Lipinski definition) is 1. The summed E-state index contributed by atoms with van der Waals surface area (Å²) in [6.45, 7) is 0.100. The minimum Gasteiger partial charge on any atom is -0.324 e. The lowest BCUT2D eigenvalue weighted by Crippen LogP contribution is -2.27. The SMILES string of the molecule is CN1C(=O)CN=C(c2ccccc2F)c2cc(Cl)ccc21.O=C1CN=C(c2ccccc2)c2cc(Cl)ccc2N1. The molecular formula is C31H23Cl2FN4O2. The van der Waals surface area contributed by atoms with Crippen LogP contribution in [0.25, 0.3) is 0 Å². The first-order chi connectivity index (χ1) is 19.3. The Morgan fingerprint density at radius 2 is 1.40 bits per heavy atom. The molecule has 6 nitrogen and oxygen atoms in total. The quantitative estimate of drug-likeness (QED) is 0.301. The van der Waals surface area contributed by atoms with Crippen molar-refractivity contribution in [3.8, 4) is 0 Å². The fourth-order valence-electron chi connectivity index (χ4n) is 4.44. The summed E-state index contributed by atoms with van der Waals surface area (Å²) >= 11 is 12.1. The van der Waals surface area contributed by atoms with Crippen LogP contribution in [0.1, 0.15) is 22.3 Å². The van der Waals surface area contributed by atoms with Gasteiger partial charge in [-0.1, -0.05) is 65.7 Å². The highest BCUT2D eigenvalue weighted by Crippen LogP contribution is 2.29. The van der Waals surface area contributed by atoms with Gasteiger partial charge in [-0.3, -0.25) is 19.6 Å². The zero-order valence-corrected chi connectivity index (χ0v) is 22.9. The van der Waals surface area contributed by atoms with Gasteiger partial charge >= 0.3 is 0 Å². The van der Waals surface area contributed by atoms with Gasteiger partial charge < -0.3 is 10.2 Å². The van der Waals surface area contributed by atoms with Crippen molar-refractivity contribution in [2.45, 2.75) is 0 Å². The molecule has 1 N–H and O–H groups in total. The van der Waals surface area contributed by atoms with E-state index in [1.54, 1.807) is 55.6 Å². The number of carbonyl (C=O) groups is 2. The molecule has 2 aliphatic rings. The smallest absolute Gasteiger partial charge is 0.248 e. The van der Waals surface area contributed by atoms with Crippen molar-refractivity contribution >= 4 is 57.8 Å². The lowest BCUT2D eigenvalue weighted by Gasteiger charge is -2.18. The van der Waals surface area contributed by atoms with E-state index in [1.165, 1.54) is 11.0 Å². The maximum absolute atomic E-state index is 14.1. The van der Waals surface area contributed by atoms with Gasteiger partial charge in [-0.15, -0.1) is 0 Å². The highest BCUT2D eigenvalue weighted by Gasteiger charge is 2.24. The van der Waals surface area contributed by atoms with Crippen molar-refractivity contribution in [1.82, 2.24) is 0 Å². The van der Waals surface area contributed by atoms with Gasteiger partial charge in [0.05, 0.1) is 22.8 Å². The van der Waals surface area contributed by atoms with Crippen molar-refractivity contribution in [3.63, 3.8) is 0 Å². The Kier molecular flexibility index (Phi) is 8.05. The van der Waals surface area contributed by atoms with Crippen LogP contribution in [-0.4, -0.2) is 43.4 Å². The fourth-order valence-corrected chi connectivity index (χ4v) is 4.78. The summed E-state index contributed by atoms with van der Waals surface area (Å²) in [7, 11) is 1.68. The molecule has 4 aromatic rings. The highest BCUT2D eigenvalue weighted by molar-refractivity contribution is 6.32. The molecule has 2 heterocycles. The largest absolute Gasteiger partial charge is 0.324 e. The average molecular weight is 573 g/mol. The van der Waals surface area contributed by atoms with E-state index in [-0.39, 0.29) is 30.7 Å². The van der Waals surface area contributed by atoms with E-state index in [0.717, 1.165) is 22.5 Å². The van der Waals surface area contributed by atoms with Crippen LogP contribution in [0, 0.1) is 5.82 Å². The van der Waals surface area contributed by atoms with Crippen LogP contribution in [0.4, 0.5) is 15.8 Å². The average Bonchev–Trinajstić information content (AvgIpc) is 3.19. The van der Waals surface area contributed by atoms with Crippen LogP contribution in [0.3, 0.4) is 0 Å². The van der Waals surface area contributed by atoms with Crippen molar-refractivity contribution in [3.05, 3.63) is 129 Å². The second kappa shape index (κ2) is 11.8. The Bertz CT molecular complexity index is 1670. The molecule has 40 heavy (non-hydrogen) atoms. The number of halogens is 3. The topological polar surface area (TPSA) is 74.1 Å². The summed E-state index contributed by atoms with van der Waals surface area (Å²) in [6, 6.07) is 26.7. The van der Waals surface area contributed by atoms with Gasteiger partial charge in [0.2, 0.25) is 11.8 Å². The first-order valence-electron chi connectivity index (χ1n) is 12.4. The molecule has 0 spiro atoms. The van der Waals surface area contributed by atoms with E-state index in [9.17, 15) is 14.0 Å². The third kappa shape index (κ3) is 5.81. The van der Waals surface area contributed by atoms with Crippen LogP contribution in [0.15, 0.2) is 101 Å². The number of fused-ring (bicyclic) bond motifs is 2. The zero-order valence-electron chi connectivity index (χ0n) is 21.4. The van der Waals surface area contributed by atoms with Crippen molar-refractivity contribution < 1.29 is 14.0 Å². The lowest BCUT2D eigenvalue weighted by molar-refractivity contribution is -0.117. The fraction of sp³-hybridized carbons (Fsp3) is 0.0968. The monoisotopic (exact) mass is 572 g/mol. The normalized spacial score (nSPS) is 14.3. The second-order valence-electron chi connectivity index (χ2n) is 9.03. The number of amides is 2. The number of benzodiazepines with no additional fused rings is 2. The van der Waals surface area contributed by atoms with Gasteiger partial charge in [-0.05, 0) is 48.5 Å². The predicted molar refractivity (Wildman–Crippen MR) is 159 cm³/mol. The number of carbonyl (C=O) groups excluding carboxylic acids is 2. The summed E-state index contributed by atoms with van der Waals surface area (Å²) in [5.41, 5.74) is 5.50. The third-order valence-electron chi connectivity index (χ3n) is 6.39. The van der Waals surface area contributed by atoms with Crippen molar-refractivity contribution in [2.75, 3.05) is 30.4 Å². The van der Waals surface area contributed by atoms with Crippen LogP contribution >= 0.6 is 23.2 Å². The van der Waals surface area contributed by atoms with E-state index < -0.39 is 0 Å². The van der Waals surface area contributed by atoms with Crippen LogP contribution in [0.2, 0.25) is 10.0 Å². The highest BCUT2D eigenvalue weighted by atomic mass is 35.5. The Morgan fingerprint density at radius 1 is 0.750 bits per heavy atom. The van der Waals surface area contributed by atoms with E-state index >= 15 is 0 Å². The van der Waals surface area contributed by atoms with Crippen LogP contribution in [0.5, 0.6) is 0 Å². The van der Waals surface area contributed by atoms with E-state index in [2.05, 4.69) is 15.3 Å². The van der Waals surface area contributed by atoms with E-state index in [1.807, 2.05) is 36.4 Å². The lowest BCUT2D eigenvalue weighted by atomic mass is 10.00. The molecule has 0 saturated heterocycles. The Hall–Kier alpha value is -4.33. The summed E-state index contributed by atoms with van der Waals surface area (Å²) in [5.74, 6) is -0.640. The number of benzene rings is 4. The number of likely N-dealkylation sites (N-methyl/N-ethyl adjacent to an activating group) is 1. The van der Waals surface area contributed by atoms with E-state index in [4.69, 9.17) is 23.2 Å². The number of nitrogens with one attached hydrogen (secondary N) is 1. The maximum Gasteiger partial charge on any atom is 0.248 e. The van der Waals surface area contributed by atoms with Gasteiger partial charge in [-0.2, -0.15) is 0 Å². The molecule has 0 atom stereocenters. The Labute approximate surface area is 240 Å². The maximum atomic E-state index is 14.1. The second-order valence-corrected chi connectivity index (χ2v) is 9.90. The minimum atomic E-state index is -0.376. The van der Waals surface area contributed by atoms with Crippen LogP contribution < -0.4 is 10.2 Å². The minimum absolute atomic E-state index is 0.0214. The molecule has 0 saturated carbocycles. The van der Waals surface area contributed by atoms with E-state index in [0.29, 0.717) is 32.6 Å². The third-order valence-corrected chi connectivity index (χ3v) is 6.86. The molecule has 0 unspecified atom stereocenters. The number of hydrogen-bond acceptors (Lipinski definition) is 4. The molecule has 0 aromatic heterocycles. The summed E-state index contributed by atoms with van der Waals surface area (Å²) in [4.78, 5) is 33.9. The van der Waals surface area contributed by atoms with Gasteiger partial charge in [0, 0.05) is 39.3 Å². The van der Waals surface area contributed by atoms with Gasteiger partial charge in [-0.25, -0.2) is 4.39 Å². The Morgan fingerprint density at radius 3 is 2.15 bits per heavy atom. The first kappa shape index (κ1) is 27.2. The number of rotatable bonds is 2. The summed E-state index contributed by atoms with van der Waals surface area (Å²) in [5, 5.41) is 3.98. The molecule has 0 aliphatic carbocycles. The summed E-state index contributed by atoms with van der Waals surface area (Å²) < 4.78 is 14.1. The summed E-state index contributed by atoms with van der Waals surface area (Å²) in [6.07, 6.45) is 0. The molecule has 0 radical (unpaired) electrons. The zero-order chi connectivity index (χ0) is 28.2. The molecular weight excluding hydrogens is 550 g/mol.